The number of nitrogens with zero attached hydrogens (tertiary/aromatic N) is 2. The van der Waals surface area contributed by atoms with Crippen molar-refractivity contribution in [2.45, 2.75) is 19.9 Å². The molecule has 0 aliphatic rings. The first-order valence-electron chi connectivity index (χ1n) is 4.00. The Morgan fingerprint density at radius 3 is 3.15 bits per heavy atom. The minimum absolute atomic E-state index is 0.504. The Morgan fingerprint density at radius 1 is 1.77 bits per heavy atom. The molecule has 1 heterocycles. The molecular formula is C9H10N2O2. The van der Waals surface area contributed by atoms with E-state index in [1.165, 1.54) is 0 Å². The molecule has 0 radical (unpaired) electrons. The van der Waals surface area contributed by atoms with Gasteiger partial charge in [-0.2, -0.15) is 0 Å². The van der Waals surface area contributed by atoms with Crippen molar-refractivity contribution < 1.29 is 9.90 Å². The summed E-state index contributed by atoms with van der Waals surface area (Å²) < 4.78 is 1.83. The smallest absolute Gasteiger partial charge is 0.382 e. The highest BCUT2D eigenvalue weighted by Gasteiger charge is 1.97. The Labute approximate surface area is 76.2 Å². The minimum atomic E-state index is -1.13. The molecule has 68 valence electrons. The number of carboxylic acids is 1. The van der Waals surface area contributed by atoms with E-state index in [0.29, 0.717) is 5.82 Å². The number of aromatic nitrogens is 2. The second-order valence-electron chi connectivity index (χ2n) is 2.50. The Balaban J connectivity index is 2.83. The van der Waals surface area contributed by atoms with Crippen molar-refractivity contribution in [1.29, 1.82) is 0 Å². The summed E-state index contributed by atoms with van der Waals surface area (Å²) in [6.45, 7) is 2.85. The molecule has 0 aromatic carbocycles. The molecule has 0 aliphatic heterocycles. The van der Waals surface area contributed by atoms with Crippen LogP contribution in [0.2, 0.25) is 0 Å². The fourth-order valence-corrected chi connectivity index (χ4v) is 0.964. The van der Waals surface area contributed by atoms with Gasteiger partial charge in [-0.05, 0) is 12.3 Å². The van der Waals surface area contributed by atoms with Gasteiger partial charge in [-0.1, -0.05) is 6.92 Å². The molecule has 0 saturated carbocycles. The van der Waals surface area contributed by atoms with Crippen molar-refractivity contribution in [3.05, 3.63) is 18.2 Å². The fourth-order valence-electron chi connectivity index (χ4n) is 0.964. The predicted molar refractivity (Wildman–Crippen MR) is 47.0 cm³/mol. The average Bonchev–Trinajstić information content (AvgIpc) is 2.49. The lowest BCUT2D eigenvalue weighted by Crippen LogP contribution is -1.99. The molecule has 4 heteroatoms. The van der Waals surface area contributed by atoms with Crippen LogP contribution >= 0.6 is 0 Å². The van der Waals surface area contributed by atoms with Crippen molar-refractivity contribution in [2.75, 3.05) is 0 Å². The number of imidazole rings is 1. The monoisotopic (exact) mass is 178 g/mol. The van der Waals surface area contributed by atoms with Crippen LogP contribution < -0.4 is 0 Å². The summed E-state index contributed by atoms with van der Waals surface area (Å²) >= 11 is 0. The van der Waals surface area contributed by atoms with E-state index in [9.17, 15) is 4.79 Å². The zero-order chi connectivity index (χ0) is 9.68. The Bertz CT molecular complexity index is 357. The second-order valence-corrected chi connectivity index (χ2v) is 2.50. The maximum Gasteiger partial charge on any atom is 0.382 e. The van der Waals surface area contributed by atoms with E-state index in [2.05, 4.69) is 10.9 Å². The zero-order valence-electron chi connectivity index (χ0n) is 7.32. The van der Waals surface area contributed by atoms with Gasteiger partial charge in [0.2, 0.25) is 0 Å². The highest BCUT2D eigenvalue weighted by molar-refractivity contribution is 5.86. The first kappa shape index (κ1) is 9.33. The molecule has 0 aliphatic carbocycles. The molecule has 0 bridgehead atoms. The van der Waals surface area contributed by atoms with E-state index in [4.69, 9.17) is 5.11 Å². The van der Waals surface area contributed by atoms with E-state index >= 15 is 0 Å². The average molecular weight is 178 g/mol. The van der Waals surface area contributed by atoms with Crippen molar-refractivity contribution in [3.8, 4) is 11.8 Å². The normalized spacial score (nSPS) is 9.00. The molecule has 0 amide bonds. The van der Waals surface area contributed by atoms with Crippen LogP contribution in [0.5, 0.6) is 0 Å². The van der Waals surface area contributed by atoms with E-state index in [1.807, 2.05) is 17.4 Å². The molecule has 13 heavy (non-hydrogen) atoms. The van der Waals surface area contributed by atoms with Crippen molar-refractivity contribution in [2.24, 2.45) is 0 Å². The van der Waals surface area contributed by atoms with Crippen molar-refractivity contribution in [3.63, 3.8) is 0 Å². The maximum atomic E-state index is 10.2. The number of hydrogen-bond donors (Lipinski definition) is 1. The summed E-state index contributed by atoms with van der Waals surface area (Å²) in [4.78, 5) is 14.1. The number of rotatable bonds is 2. The van der Waals surface area contributed by atoms with Crippen LogP contribution in [0.1, 0.15) is 19.2 Å². The Morgan fingerprint density at radius 2 is 2.54 bits per heavy atom. The van der Waals surface area contributed by atoms with Crippen LogP contribution in [-0.2, 0) is 11.3 Å². The summed E-state index contributed by atoms with van der Waals surface area (Å²) in [6.07, 6.45) is 4.37. The molecule has 1 aromatic rings. The van der Waals surface area contributed by atoms with Crippen LogP contribution in [0.15, 0.2) is 12.4 Å². The summed E-state index contributed by atoms with van der Waals surface area (Å²) in [7, 11) is 0. The van der Waals surface area contributed by atoms with Gasteiger partial charge < -0.3 is 9.67 Å². The molecule has 1 rings (SSSR count). The summed E-state index contributed by atoms with van der Waals surface area (Å²) in [5.74, 6) is 3.88. The lowest BCUT2D eigenvalue weighted by Gasteiger charge is -1.98. The summed E-state index contributed by atoms with van der Waals surface area (Å²) in [5, 5.41) is 8.32. The highest BCUT2D eigenvalue weighted by atomic mass is 16.4. The molecular weight excluding hydrogens is 168 g/mol. The summed E-state index contributed by atoms with van der Waals surface area (Å²) in [6, 6.07) is 0. The van der Waals surface area contributed by atoms with Gasteiger partial charge in [0.05, 0.1) is 0 Å². The largest absolute Gasteiger partial charge is 0.472 e. The standard InChI is InChI=1S/C9H10N2O2/c1-2-6-11-7-5-10-8(11)3-4-9(12)13/h5,7H,2,6H2,1H3,(H,12,13). The molecule has 0 atom stereocenters. The van der Waals surface area contributed by atoms with Crippen LogP contribution in [0.4, 0.5) is 0 Å². The van der Waals surface area contributed by atoms with Gasteiger partial charge in [-0.25, -0.2) is 9.78 Å². The molecule has 1 N–H and O–H groups in total. The Hall–Kier alpha value is -1.76. The van der Waals surface area contributed by atoms with E-state index in [0.717, 1.165) is 13.0 Å². The number of carbonyl (C=O) groups is 1. The van der Waals surface area contributed by atoms with Crippen molar-refractivity contribution in [1.82, 2.24) is 9.55 Å². The second kappa shape index (κ2) is 4.31. The first-order chi connectivity index (χ1) is 6.24. The van der Waals surface area contributed by atoms with Crippen LogP contribution in [0.25, 0.3) is 0 Å². The number of hydrogen-bond acceptors (Lipinski definition) is 2. The third-order valence-corrected chi connectivity index (χ3v) is 1.46. The van der Waals surface area contributed by atoms with Gasteiger partial charge in [0.15, 0.2) is 5.82 Å². The number of aliphatic carboxylic acids is 1. The quantitative estimate of drug-likeness (QED) is 0.679. The number of aryl methyl sites for hydroxylation is 1. The molecule has 0 spiro atoms. The zero-order valence-corrected chi connectivity index (χ0v) is 7.32. The highest BCUT2D eigenvalue weighted by Crippen LogP contribution is 1.96. The van der Waals surface area contributed by atoms with Crippen LogP contribution in [0, 0.1) is 11.8 Å². The summed E-state index contributed by atoms with van der Waals surface area (Å²) in [5.41, 5.74) is 0. The minimum Gasteiger partial charge on any atom is -0.472 e. The van der Waals surface area contributed by atoms with Gasteiger partial charge in [0.25, 0.3) is 0 Å². The lowest BCUT2D eigenvalue weighted by molar-refractivity contribution is -0.130. The molecule has 1 aromatic heterocycles. The van der Waals surface area contributed by atoms with Gasteiger partial charge >= 0.3 is 5.97 Å². The molecule has 0 saturated heterocycles. The molecule has 0 unspecified atom stereocenters. The molecule has 4 nitrogen and oxygen atoms in total. The third kappa shape index (κ3) is 2.64. The predicted octanol–water partition coefficient (Wildman–Crippen LogP) is 0.729. The van der Waals surface area contributed by atoms with Gasteiger partial charge in [0.1, 0.15) is 0 Å². The van der Waals surface area contributed by atoms with Crippen LogP contribution in [-0.4, -0.2) is 20.6 Å². The fraction of sp³-hybridized carbons (Fsp3) is 0.333. The maximum absolute atomic E-state index is 10.2. The van der Waals surface area contributed by atoms with E-state index in [1.54, 1.807) is 12.4 Å². The Kier molecular flexibility index (Phi) is 3.09. The van der Waals surface area contributed by atoms with E-state index < -0.39 is 5.97 Å². The van der Waals surface area contributed by atoms with Gasteiger partial charge in [-0.3, -0.25) is 0 Å². The van der Waals surface area contributed by atoms with Gasteiger partial charge in [0, 0.05) is 24.9 Å². The van der Waals surface area contributed by atoms with Crippen LogP contribution in [0.3, 0.4) is 0 Å². The lowest BCUT2D eigenvalue weighted by atomic mass is 10.4. The first-order valence-corrected chi connectivity index (χ1v) is 4.00. The number of carboxylic acid groups (broad SMARTS) is 1. The van der Waals surface area contributed by atoms with E-state index in [-0.39, 0.29) is 0 Å². The molecule has 0 fully saturated rings. The SMILES string of the molecule is CCCn1ccnc1C#CC(=O)O. The van der Waals surface area contributed by atoms with Gasteiger partial charge in [-0.15, -0.1) is 0 Å². The topological polar surface area (TPSA) is 55.1 Å². The third-order valence-electron chi connectivity index (χ3n) is 1.46. The van der Waals surface area contributed by atoms with Crippen molar-refractivity contribution >= 4 is 5.97 Å².